The summed E-state index contributed by atoms with van der Waals surface area (Å²) < 4.78 is 7.31. The molecule has 1 aliphatic rings. The largest absolute Gasteiger partial charge is 0.415 e. The third kappa shape index (κ3) is 3.04. The normalized spacial score (nSPS) is 18.5. The zero-order valence-corrected chi connectivity index (χ0v) is 12.0. The van der Waals surface area contributed by atoms with E-state index in [1.54, 1.807) is 23.4 Å². The van der Waals surface area contributed by atoms with Gasteiger partial charge in [0.05, 0.1) is 0 Å². The van der Waals surface area contributed by atoms with Gasteiger partial charge in [-0.15, -0.1) is 10.2 Å². The first-order valence-electron chi connectivity index (χ1n) is 7.10. The van der Waals surface area contributed by atoms with E-state index in [4.69, 9.17) is 4.74 Å². The zero-order chi connectivity index (χ0) is 14.7. The van der Waals surface area contributed by atoms with E-state index in [-0.39, 0.29) is 12.0 Å². The molecule has 2 heterocycles. The molecule has 0 bridgehead atoms. The Balaban J connectivity index is 1.66. The van der Waals surface area contributed by atoms with Gasteiger partial charge in [-0.3, -0.25) is 0 Å². The average molecular weight is 286 g/mol. The van der Waals surface area contributed by atoms with E-state index in [2.05, 4.69) is 10.2 Å². The molecule has 1 unspecified atom stereocenters. The van der Waals surface area contributed by atoms with Gasteiger partial charge in [-0.1, -0.05) is 18.2 Å². The summed E-state index contributed by atoms with van der Waals surface area (Å²) in [6, 6.07) is 9.15. The summed E-state index contributed by atoms with van der Waals surface area (Å²) in [5, 5.41) is 8.06. The Morgan fingerprint density at radius 2 is 2.14 bits per heavy atom. The van der Waals surface area contributed by atoms with Gasteiger partial charge in [0.15, 0.2) is 0 Å². The van der Waals surface area contributed by atoms with Crippen LogP contribution in [-0.4, -0.2) is 38.8 Å². The lowest BCUT2D eigenvalue weighted by molar-refractivity contribution is 0.136. The van der Waals surface area contributed by atoms with Crippen molar-refractivity contribution in [3.63, 3.8) is 0 Å². The second-order valence-electron chi connectivity index (χ2n) is 5.27. The predicted octanol–water partition coefficient (Wildman–Crippen LogP) is 2.19. The van der Waals surface area contributed by atoms with Gasteiger partial charge in [-0.05, 0) is 25.0 Å². The highest BCUT2D eigenvalue weighted by Crippen LogP contribution is 2.25. The number of nitrogens with zero attached hydrogens (tertiary/aromatic N) is 4. The number of aromatic nitrogens is 3. The molecule has 3 rings (SSSR count). The Bertz CT molecular complexity index is 611. The fourth-order valence-electron chi connectivity index (χ4n) is 2.67. The van der Waals surface area contributed by atoms with Crippen LogP contribution in [0.2, 0.25) is 0 Å². The first kappa shape index (κ1) is 13.6. The van der Waals surface area contributed by atoms with Gasteiger partial charge in [0, 0.05) is 26.1 Å². The van der Waals surface area contributed by atoms with Crippen LogP contribution in [0.25, 0.3) is 0 Å². The van der Waals surface area contributed by atoms with Crippen LogP contribution < -0.4 is 4.74 Å². The molecule has 6 nitrogen and oxygen atoms in total. The SMILES string of the molecule is Cn1cnnc1C1CCCN(C(=O)Oc2ccccc2)C1. The number of hydrogen-bond donors (Lipinski definition) is 0. The first-order chi connectivity index (χ1) is 10.2. The summed E-state index contributed by atoms with van der Waals surface area (Å²) in [5.74, 6) is 1.71. The number of aryl methyl sites for hydroxylation is 1. The number of carbonyl (C=O) groups is 1. The van der Waals surface area contributed by atoms with Gasteiger partial charge in [0.2, 0.25) is 0 Å². The van der Waals surface area contributed by atoms with E-state index in [9.17, 15) is 4.79 Å². The Hall–Kier alpha value is -2.37. The molecular formula is C15H18N4O2. The van der Waals surface area contributed by atoms with E-state index in [1.807, 2.05) is 29.8 Å². The number of hydrogen-bond acceptors (Lipinski definition) is 4. The van der Waals surface area contributed by atoms with Crippen molar-refractivity contribution in [2.75, 3.05) is 13.1 Å². The van der Waals surface area contributed by atoms with Crippen LogP contribution in [-0.2, 0) is 7.05 Å². The highest BCUT2D eigenvalue weighted by molar-refractivity contribution is 5.70. The number of likely N-dealkylation sites (tertiary alicyclic amines) is 1. The number of piperidine rings is 1. The minimum Gasteiger partial charge on any atom is -0.410 e. The molecule has 2 aromatic rings. The summed E-state index contributed by atoms with van der Waals surface area (Å²) in [4.78, 5) is 14.0. The quantitative estimate of drug-likeness (QED) is 0.849. The van der Waals surface area contributed by atoms with Crippen molar-refractivity contribution in [2.45, 2.75) is 18.8 Å². The van der Waals surface area contributed by atoms with E-state index in [0.717, 1.165) is 25.2 Å². The van der Waals surface area contributed by atoms with E-state index in [0.29, 0.717) is 12.3 Å². The fourth-order valence-corrected chi connectivity index (χ4v) is 2.67. The highest BCUT2D eigenvalue weighted by Gasteiger charge is 2.28. The van der Waals surface area contributed by atoms with Gasteiger partial charge >= 0.3 is 6.09 Å². The molecule has 6 heteroatoms. The maximum Gasteiger partial charge on any atom is 0.415 e. The van der Waals surface area contributed by atoms with Crippen molar-refractivity contribution in [1.29, 1.82) is 0 Å². The molecule has 0 saturated carbocycles. The van der Waals surface area contributed by atoms with E-state index in [1.165, 1.54) is 0 Å². The van der Waals surface area contributed by atoms with Crippen LogP contribution >= 0.6 is 0 Å². The molecule has 110 valence electrons. The number of amides is 1. The van der Waals surface area contributed by atoms with Crippen molar-refractivity contribution in [3.8, 4) is 5.75 Å². The summed E-state index contributed by atoms with van der Waals surface area (Å²) in [5.41, 5.74) is 0. The molecular weight excluding hydrogens is 268 g/mol. The third-order valence-electron chi connectivity index (χ3n) is 3.74. The Morgan fingerprint density at radius 3 is 2.86 bits per heavy atom. The van der Waals surface area contributed by atoms with Crippen molar-refractivity contribution >= 4 is 6.09 Å². The molecule has 0 N–H and O–H groups in total. The smallest absolute Gasteiger partial charge is 0.410 e. The third-order valence-corrected chi connectivity index (χ3v) is 3.74. The number of carbonyl (C=O) groups excluding carboxylic acids is 1. The molecule has 1 saturated heterocycles. The number of benzene rings is 1. The molecule has 1 aromatic carbocycles. The van der Waals surface area contributed by atoms with E-state index >= 15 is 0 Å². The molecule has 1 amide bonds. The molecule has 1 aromatic heterocycles. The molecule has 0 spiro atoms. The molecule has 1 atom stereocenters. The van der Waals surface area contributed by atoms with Crippen molar-refractivity contribution in [3.05, 3.63) is 42.5 Å². The minimum atomic E-state index is -0.298. The summed E-state index contributed by atoms with van der Waals surface area (Å²) in [6.45, 7) is 1.35. The summed E-state index contributed by atoms with van der Waals surface area (Å²) in [7, 11) is 1.93. The topological polar surface area (TPSA) is 60.2 Å². The lowest BCUT2D eigenvalue weighted by Crippen LogP contribution is -2.41. The molecule has 21 heavy (non-hydrogen) atoms. The number of para-hydroxylation sites is 1. The van der Waals surface area contributed by atoms with Crippen molar-refractivity contribution < 1.29 is 9.53 Å². The van der Waals surface area contributed by atoms with Gasteiger partial charge in [-0.2, -0.15) is 0 Å². The van der Waals surface area contributed by atoms with Gasteiger partial charge in [0.25, 0.3) is 0 Å². The summed E-state index contributed by atoms with van der Waals surface area (Å²) in [6.07, 6.45) is 3.35. The number of ether oxygens (including phenoxy) is 1. The number of rotatable bonds is 2. The van der Waals surface area contributed by atoms with Gasteiger partial charge < -0.3 is 14.2 Å². The van der Waals surface area contributed by atoms with Crippen LogP contribution in [0, 0.1) is 0 Å². The van der Waals surface area contributed by atoms with Crippen LogP contribution in [0.4, 0.5) is 4.79 Å². The lowest BCUT2D eigenvalue weighted by Gasteiger charge is -2.31. The molecule has 0 radical (unpaired) electrons. The van der Waals surface area contributed by atoms with E-state index < -0.39 is 0 Å². The second kappa shape index (κ2) is 5.95. The molecule has 1 aliphatic heterocycles. The van der Waals surface area contributed by atoms with Gasteiger partial charge in [-0.25, -0.2) is 4.79 Å². The highest BCUT2D eigenvalue weighted by atomic mass is 16.6. The predicted molar refractivity (Wildman–Crippen MR) is 77.0 cm³/mol. The standard InChI is InChI=1S/C15H18N4O2/c1-18-11-16-17-14(18)12-6-5-9-19(10-12)15(20)21-13-7-3-2-4-8-13/h2-4,7-8,11-12H,5-6,9-10H2,1H3. The van der Waals surface area contributed by atoms with Gasteiger partial charge in [0.1, 0.15) is 17.9 Å². The van der Waals surface area contributed by atoms with Crippen LogP contribution in [0.15, 0.2) is 36.7 Å². The first-order valence-corrected chi connectivity index (χ1v) is 7.10. The summed E-state index contributed by atoms with van der Waals surface area (Å²) >= 11 is 0. The maximum absolute atomic E-state index is 12.2. The molecule has 1 fully saturated rings. The lowest BCUT2D eigenvalue weighted by atomic mass is 9.97. The zero-order valence-electron chi connectivity index (χ0n) is 12.0. The van der Waals surface area contributed by atoms with Crippen LogP contribution in [0.3, 0.4) is 0 Å². The average Bonchev–Trinajstić information content (AvgIpc) is 2.94. The Kier molecular flexibility index (Phi) is 3.85. The maximum atomic E-state index is 12.2. The van der Waals surface area contributed by atoms with Crippen molar-refractivity contribution in [2.24, 2.45) is 7.05 Å². The Labute approximate surface area is 123 Å². The Morgan fingerprint density at radius 1 is 1.33 bits per heavy atom. The van der Waals surface area contributed by atoms with Crippen molar-refractivity contribution in [1.82, 2.24) is 19.7 Å². The minimum absolute atomic E-state index is 0.217. The van der Waals surface area contributed by atoms with Crippen LogP contribution in [0.1, 0.15) is 24.6 Å². The second-order valence-corrected chi connectivity index (χ2v) is 5.27. The van der Waals surface area contributed by atoms with Crippen LogP contribution in [0.5, 0.6) is 5.75 Å². The fraction of sp³-hybridized carbons (Fsp3) is 0.400. The molecule has 0 aliphatic carbocycles. The monoisotopic (exact) mass is 286 g/mol.